The lowest BCUT2D eigenvalue weighted by molar-refractivity contribution is -0.161. The Labute approximate surface area is 202 Å². The van der Waals surface area contributed by atoms with Crippen LogP contribution in [0, 0.1) is 46.3 Å². The van der Waals surface area contributed by atoms with Gasteiger partial charge in [0, 0.05) is 30.3 Å². The minimum Gasteiger partial charge on any atom is -0.393 e. The van der Waals surface area contributed by atoms with Gasteiger partial charge in [0.2, 0.25) is 5.91 Å². The number of aliphatic hydroxyl groups is 1. The Balaban J connectivity index is 1.28. The van der Waals surface area contributed by atoms with Crippen molar-refractivity contribution in [3.05, 3.63) is 16.6 Å². The summed E-state index contributed by atoms with van der Waals surface area (Å²) in [5.74, 6) is 2.89. The van der Waals surface area contributed by atoms with Crippen molar-refractivity contribution in [2.75, 3.05) is 0 Å². The number of Topliss-reactive ketones (excluding diaryl/α,β-unsaturated/α-hetero) is 1. The molecule has 1 unspecified atom stereocenters. The highest BCUT2D eigenvalue weighted by molar-refractivity contribution is 7.09. The van der Waals surface area contributed by atoms with Gasteiger partial charge in [-0.2, -0.15) is 0 Å². The molecule has 0 aromatic carbocycles. The smallest absolute Gasteiger partial charge is 0.220 e. The van der Waals surface area contributed by atoms with E-state index in [0.717, 1.165) is 43.5 Å². The van der Waals surface area contributed by atoms with Crippen LogP contribution in [0.5, 0.6) is 0 Å². The SMILES string of the molecule is C[C@H](CC(=O)NCc1nccs1)C1CC[C@H]2[C@@H]3C(=O)C[C@@H]4C[C@H](O)CC[C@]4(C)[C@H]3CC[C@]12C. The predicted molar refractivity (Wildman–Crippen MR) is 129 cm³/mol. The van der Waals surface area contributed by atoms with Gasteiger partial charge in [0.1, 0.15) is 10.8 Å². The number of carbonyl (C=O) groups is 2. The molecule has 4 fully saturated rings. The molecular weight excluding hydrogens is 432 g/mol. The summed E-state index contributed by atoms with van der Waals surface area (Å²) in [6, 6.07) is 0. The molecule has 0 aliphatic heterocycles. The van der Waals surface area contributed by atoms with Crippen molar-refractivity contribution >= 4 is 23.0 Å². The molecule has 0 bridgehead atoms. The lowest BCUT2D eigenvalue weighted by Gasteiger charge is -2.60. The lowest BCUT2D eigenvalue weighted by atomic mass is 9.44. The second-order valence-corrected chi connectivity index (χ2v) is 13.1. The minimum atomic E-state index is -0.222. The number of aliphatic hydroxyl groups excluding tert-OH is 1. The molecule has 182 valence electrons. The average molecular weight is 473 g/mol. The van der Waals surface area contributed by atoms with Crippen LogP contribution in [0.3, 0.4) is 0 Å². The van der Waals surface area contributed by atoms with Crippen LogP contribution in [0.1, 0.15) is 83.6 Å². The van der Waals surface area contributed by atoms with Gasteiger partial charge in [0.05, 0.1) is 12.6 Å². The maximum absolute atomic E-state index is 13.5. The van der Waals surface area contributed by atoms with Crippen LogP contribution < -0.4 is 5.32 Å². The number of hydrogen-bond acceptors (Lipinski definition) is 5. The second kappa shape index (κ2) is 8.75. The molecule has 0 spiro atoms. The molecule has 4 saturated carbocycles. The number of nitrogens with one attached hydrogen (secondary N) is 1. The average Bonchev–Trinajstić information content (AvgIpc) is 3.41. The van der Waals surface area contributed by atoms with Crippen molar-refractivity contribution in [2.45, 2.75) is 91.2 Å². The van der Waals surface area contributed by atoms with Gasteiger partial charge in [-0.1, -0.05) is 20.8 Å². The zero-order chi connectivity index (χ0) is 23.4. The fourth-order valence-corrected chi connectivity index (χ4v) is 9.46. The van der Waals surface area contributed by atoms with E-state index < -0.39 is 0 Å². The number of carbonyl (C=O) groups excluding carboxylic acids is 2. The first-order valence-electron chi connectivity index (χ1n) is 13.1. The first kappa shape index (κ1) is 23.5. The number of fused-ring (bicyclic) bond motifs is 5. The van der Waals surface area contributed by atoms with Crippen molar-refractivity contribution in [1.29, 1.82) is 0 Å². The summed E-state index contributed by atoms with van der Waals surface area (Å²) >= 11 is 1.57. The number of nitrogens with zero attached hydrogens (tertiary/aromatic N) is 1. The van der Waals surface area contributed by atoms with E-state index in [4.69, 9.17) is 0 Å². The minimum absolute atomic E-state index is 0.114. The first-order chi connectivity index (χ1) is 15.7. The summed E-state index contributed by atoms with van der Waals surface area (Å²) in [5.41, 5.74) is 0.363. The van der Waals surface area contributed by atoms with E-state index in [1.54, 1.807) is 17.5 Å². The van der Waals surface area contributed by atoms with Gasteiger partial charge in [-0.25, -0.2) is 4.98 Å². The number of thiazole rings is 1. The Kier molecular flexibility index (Phi) is 6.22. The molecule has 0 radical (unpaired) electrons. The van der Waals surface area contributed by atoms with Gasteiger partial charge in [0.15, 0.2) is 0 Å². The van der Waals surface area contributed by atoms with Crippen LogP contribution in [0.25, 0.3) is 0 Å². The highest BCUT2D eigenvalue weighted by atomic mass is 32.1. The number of rotatable bonds is 5. The Morgan fingerprint density at radius 2 is 1.97 bits per heavy atom. The monoisotopic (exact) mass is 472 g/mol. The van der Waals surface area contributed by atoms with E-state index in [2.05, 4.69) is 31.1 Å². The number of ketones is 1. The molecule has 33 heavy (non-hydrogen) atoms. The summed E-state index contributed by atoms with van der Waals surface area (Å²) < 4.78 is 0. The van der Waals surface area contributed by atoms with E-state index in [1.807, 2.05) is 5.38 Å². The highest BCUT2D eigenvalue weighted by Gasteiger charge is 2.63. The number of amides is 1. The zero-order valence-corrected chi connectivity index (χ0v) is 21.2. The zero-order valence-electron chi connectivity index (χ0n) is 20.4. The third kappa shape index (κ3) is 3.99. The lowest BCUT2D eigenvalue weighted by Crippen LogP contribution is -2.57. The molecule has 5 rings (SSSR count). The van der Waals surface area contributed by atoms with Crippen molar-refractivity contribution in [3.8, 4) is 0 Å². The summed E-state index contributed by atoms with van der Waals surface area (Å²) in [5, 5.41) is 16.2. The third-order valence-electron chi connectivity index (χ3n) is 10.6. The summed E-state index contributed by atoms with van der Waals surface area (Å²) in [7, 11) is 0. The Hall–Kier alpha value is -1.27. The largest absolute Gasteiger partial charge is 0.393 e. The number of hydrogen-bond donors (Lipinski definition) is 2. The molecular formula is C27H40N2O3S. The summed E-state index contributed by atoms with van der Waals surface area (Å²) in [4.78, 5) is 30.4. The molecule has 1 amide bonds. The first-order valence-corrected chi connectivity index (χ1v) is 14.0. The van der Waals surface area contributed by atoms with Crippen molar-refractivity contribution in [3.63, 3.8) is 0 Å². The molecule has 2 N–H and O–H groups in total. The van der Waals surface area contributed by atoms with Crippen LogP contribution in [0.4, 0.5) is 0 Å². The van der Waals surface area contributed by atoms with Crippen molar-refractivity contribution in [2.24, 2.45) is 46.3 Å². The Morgan fingerprint density at radius 1 is 1.21 bits per heavy atom. The van der Waals surface area contributed by atoms with Gasteiger partial charge in [-0.15, -0.1) is 11.3 Å². The Morgan fingerprint density at radius 3 is 2.73 bits per heavy atom. The summed E-state index contributed by atoms with van der Waals surface area (Å²) in [6.07, 6.45) is 10.1. The van der Waals surface area contributed by atoms with E-state index in [1.165, 1.54) is 6.42 Å². The third-order valence-corrected chi connectivity index (χ3v) is 11.4. The standard InChI is InChI=1S/C27H40N2O3S/c1-16(12-23(32)29-15-24-28-10-11-33-24)19-4-5-20-25-21(7-9-27(19,20)3)26(2)8-6-18(30)13-17(26)14-22(25)31/h10-11,16-21,25,30H,4-9,12-15H2,1-3H3,(H,29,32)/t16-,17+,18-,19?,20+,21+,25+,26+,27-/m1/s1. The quantitative estimate of drug-likeness (QED) is 0.633. The van der Waals surface area contributed by atoms with Gasteiger partial charge in [-0.3, -0.25) is 9.59 Å². The highest BCUT2D eigenvalue weighted by Crippen LogP contribution is 2.67. The molecule has 9 atom stereocenters. The van der Waals surface area contributed by atoms with Gasteiger partial charge >= 0.3 is 0 Å². The molecule has 4 aliphatic carbocycles. The van der Waals surface area contributed by atoms with Crippen molar-refractivity contribution in [1.82, 2.24) is 10.3 Å². The van der Waals surface area contributed by atoms with Crippen LogP contribution in [-0.4, -0.2) is 27.9 Å². The number of aromatic nitrogens is 1. The Bertz CT molecular complexity index is 888. The molecule has 5 nitrogen and oxygen atoms in total. The van der Waals surface area contributed by atoms with E-state index in [9.17, 15) is 14.7 Å². The van der Waals surface area contributed by atoms with Crippen LogP contribution in [0.15, 0.2) is 11.6 Å². The fraction of sp³-hybridized carbons (Fsp3) is 0.815. The van der Waals surface area contributed by atoms with Crippen LogP contribution in [-0.2, 0) is 16.1 Å². The maximum atomic E-state index is 13.5. The van der Waals surface area contributed by atoms with Crippen molar-refractivity contribution < 1.29 is 14.7 Å². The molecule has 1 aromatic rings. The van der Waals surface area contributed by atoms with E-state index in [-0.39, 0.29) is 28.8 Å². The van der Waals surface area contributed by atoms with E-state index >= 15 is 0 Å². The van der Waals surface area contributed by atoms with E-state index in [0.29, 0.717) is 54.8 Å². The van der Waals surface area contributed by atoms with Crippen LogP contribution in [0.2, 0.25) is 0 Å². The van der Waals surface area contributed by atoms with Gasteiger partial charge in [-0.05, 0) is 85.4 Å². The summed E-state index contributed by atoms with van der Waals surface area (Å²) in [6.45, 7) is 7.62. The predicted octanol–water partition coefficient (Wildman–Crippen LogP) is 4.98. The molecule has 4 aliphatic rings. The topological polar surface area (TPSA) is 79.3 Å². The molecule has 1 heterocycles. The van der Waals surface area contributed by atoms with Gasteiger partial charge in [0.25, 0.3) is 0 Å². The molecule has 1 aromatic heterocycles. The van der Waals surface area contributed by atoms with Crippen LogP contribution >= 0.6 is 11.3 Å². The normalized spacial score (nSPS) is 43.3. The van der Waals surface area contributed by atoms with Gasteiger partial charge < -0.3 is 10.4 Å². The maximum Gasteiger partial charge on any atom is 0.220 e. The molecule has 6 heteroatoms. The fourth-order valence-electron chi connectivity index (χ4n) is 8.91. The molecule has 0 saturated heterocycles. The second-order valence-electron chi connectivity index (χ2n) is 12.2.